The van der Waals surface area contributed by atoms with E-state index in [1.54, 1.807) is 151 Å². The Hall–Kier alpha value is -11.5. The van der Waals surface area contributed by atoms with Crippen molar-refractivity contribution in [2.75, 3.05) is 0 Å². The predicted molar refractivity (Wildman–Crippen MR) is 398 cm³/mol. The molecule has 0 unspecified atom stereocenters. The maximum absolute atomic E-state index is 13.6. The monoisotopic (exact) mass is 1440 g/mol. The number of para-hydroxylation sites is 6. The van der Waals surface area contributed by atoms with Crippen LogP contribution in [0.1, 0.15) is 116 Å². The quantitative estimate of drug-likeness (QED) is 0.0134. The molecule has 6 aromatic carbocycles. The van der Waals surface area contributed by atoms with Crippen LogP contribution >= 0.6 is 23.0 Å². The summed E-state index contributed by atoms with van der Waals surface area (Å²) in [4.78, 5) is 81.9. The first kappa shape index (κ1) is 77.9. The SMILES string of the molecule is C=C(C)C(=O)O/C(=C/C)c1ccccc1OP1(Oc2ccccc2/C(=C\C)OC(=O)C(=C)C)=NP(Oc2ccccc2/C(=C\C)OC(=O)C(=C)C)(Oc2ccccc2/C(=C\C)OC(=O)C(=C)C)=NP(Oc2ccccc2/C(=C\C)OC(=O)C(=C)C)(Oc2ccccc2/C(=C\C)OC(=O)C(=C)C)=N1. The van der Waals surface area contributed by atoms with E-state index in [-0.39, 0.29) is 136 Å². The first-order valence-electron chi connectivity index (χ1n) is 31.5. The summed E-state index contributed by atoms with van der Waals surface area (Å²) in [6.07, 6.45) is 9.06. The van der Waals surface area contributed by atoms with Gasteiger partial charge < -0.3 is 55.6 Å². The molecule has 7 rings (SSSR count). The number of hydrogen-bond acceptors (Lipinski definition) is 21. The Morgan fingerprint density at radius 1 is 0.255 bits per heavy atom. The fourth-order valence-electron chi connectivity index (χ4n) is 8.76. The first-order chi connectivity index (χ1) is 48.6. The van der Waals surface area contributed by atoms with Crippen molar-refractivity contribution in [1.82, 2.24) is 0 Å². The molecule has 0 atom stereocenters. The third-order valence-electron chi connectivity index (χ3n) is 13.8. The van der Waals surface area contributed by atoms with Crippen LogP contribution in [0.2, 0.25) is 0 Å². The number of carbonyl (C=O) groups excluding carboxylic acids is 6. The molecular weight excluding hydrogens is 1360 g/mol. The van der Waals surface area contributed by atoms with Gasteiger partial charge in [0, 0.05) is 33.4 Å². The fraction of sp³-hybridized carbons (Fsp3) is 0.154. The summed E-state index contributed by atoms with van der Waals surface area (Å²) < 4.78 is 97.9. The summed E-state index contributed by atoms with van der Waals surface area (Å²) in [7, 11) is -15.8. The molecule has 0 spiro atoms. The molecule has 1 heterocycles. The molecule has 24 heteroatoms. The summed E-state index contributed by atoms with van der Waals surface area (Å²) in [5.74, 6) is -5.97. The topological polar surface area (TPSA) is 250 Å². The lowest BCUT2D eigenvalue weighted by Gasteiger charge is -2.34. The normalized spacial score (nSPS) is 14.9. The third kappa shape index (κ3) is 19.5. The van der Waals surface area contributed by atoms with Crippen LogP contribution in [0.3, 0.4) is 0 Å². The van der Waals surface area contributed by atoms with E-state index in [0.29, 0.717) is 0 Å². The molecular formula is C78H78N3O18P3. The van der Waals surface area contributed by atoms with Crippen LogP contribution in [0.5, 0.6) is 34.5 Å². The lowest BCUT2D eigenvalue weighted by atomic mass is 10.1. The smallest absolute Gasteiger partial charge is 0.423 e. The van der Waals surface area contributed by atoms with Crippen molar-refractivity contribution in [2.24, 2.45) is 13.5 Å². The van der Waals surface area contributed by atoms with Crippen LogP contribution in [0.4, 0.5) is 0 Å². The van der Waals surface area contributed by atoms with Crippen LogP contribution in [-0.4, -0.2) is 35.8 Å². The molecule has 0 radical (unpaired) electrons. The van der Waals surface area contributed by atoms with Crippen LogP contribution in [-0.2, 0) is 57.2 Å². The summed E-state index contributed by atoms with van der Waals surface area (Å²) in [6.45, 7) is 41.4. The van der Waals surface area contributed by atoms with Gasteiger partial charge in [0.15, 0.2) is 0 Å². The maximum atomic E-state index is 13.6. The summed E-state index contributed by atoms with van der Waals surface area (Å²) >= 11 is 0. The van der Waals surface area contributed by atoms with Crippen LogP contribution in [0.15, 0.2) is 269 Å². The molecule has 0 fully saturated rings. The van der Waals surface area contributed by atoms with Crippen molar-refractivity contribution in [3.05, 3.63) is 288 Å². The Morgan fingerprint density at radius 3 is 0.500 bits per heavy atom. The molecule has 0 aliphatic carbocycles. The number of hydrogen-bond donors (Lipinski definition) is 0. The highest BCUT2D eigenvalue weighted by molar-refractivity contribution is 7.79. The van der Waals surface area contributed by atoms with Crippen molar-refractivity contribution in [2.45, 2.75) is 83.1 Å². The number of carbonyl (C=O) groups is 6. The molecule has 6 aromatic rings. The van der Waals surface area contributed by atoms with Gasteiger partial charge in [0.05, 0.1) is 33.4 Å². The van der Waals surface area contributed by atoms with E-state index in [2.05, 4.69) is 39.5 Å². The minimum atomic E-state index is -5.27. The lowest BCUT2D eigenvalue weighted by molar-refractivity contribution is -0.133. The summed E-state index contributed by atoms with van der Waals surface area (Å²) in [6, 6.07) is 38.1. The van der Waals surface area contributed by atoms with Gasteiger partial charge in [0.2, 0.25) is 0 Å². The van der Waals surface area contributed by atoms with E-state index < -0.39 is 58.8 Å². The van der Waals surface area contributed by atoms with E-state index in [4.69, 9.17) is 69.1 Å². The van der Waals surface area contributed by atoms with Crippen molar-refractivity contribution in [3.63, 3.8) is 0 Å². The van der Waals surface area contributed by atoms with Gasteiger partial charge >= 0.3 is 58.8 Å². The average Bonchev–Trinajstić information content (AvgIpc) is 0.722. The van der Waals surface area contributed by atoms with E-state index in [9.17, 15) is 28.8 Å². The number of rotatable bonds is 30. The minimum Gasteiger partial charge on any atom is -0.423 e. The minimum absolute atomic E-state index is 0.0488. The molecule has 528 valence electrons. The highest BCUT2D eigenvalue weighted by atomic mass is 31.3. The second kappa shape index (κ2) is 35.0. The first-order valence-corrected chi connectivity index (χ1v) is 36.1. The Kier molecular flexibility index (Phi) is 26.7. The molecule has 0 N–H and O–H groups in total. The number of nitrogens with zero attached hydrogens (tertiary/aromatic N) is 3. The molecule has 0 amide bonds. The number of ether oxygens (including phenoxy) is 6. The van der Waals surface area contributed by atoms with Crippen LogP contribution in [0, 0.1) is 0 Å². The van der Waals surface area contributed by atoms with Crippen molar-refractivity contribution in [3.8, 4) is 34.5 Å². The standard InChI is InChI=1S/C78H78N3O18P3/c1-19-61(88-73(82)49(7)8)55-37-25-31-43-67(55)94-100(95-68-44-32-26-38-56(68)62(20-2)89-74(83)50(9)10)79-101(96-69-45-33-27-39-57(69)63(21-3)90-75(84)51(11)12,97-70-46-34-28-40-58(70)64(22-4)91-76(85)52(13)14)81-102(80-100,98-71-47-35-29-41-59(71)65(23-5)92-77(86)53(15)16)99-72-48-36-30-42-60(72)66(24-6)93-78(87)54(17)18/h19-48H,7,9,11,13,15,17H2,1-6,8,10,12,14,16,18H3/b61-19+,62-20+,63-21+,64-22+,65-23+,66-24+. The number of allylic oxidation sites excluding steroid dienone is 6. The Balaban J connectivity index is 1.86. The molecule has 21 nitrogen and oxygen atoms in total. The van der Waals surface area contributed by atoms with E-state index >= 15 is 0 Å². The van der Waals surface area contributed by atoms with Gasteiger partial charge in [-0.05, 0) is 192 Å². The summed E-state index contributed by atoms with van der Waals surface area (Å²) in [5.41, 5.74) is 0.933. The lowest BCUT2D eigenvalue weighted by Crippen LogP contribution is -2.14. The second-order valence-corrected chi connectivity index (χ2v) is 28.4. The largest absolute Gasteiger partial charge is 0.460 e. The Bertz CT molecular complexity index is 4040. The fourth-order valence-corrected chi connectivity index (χ4v) is 17.9. The van der Waals surface area contributed by atoms with Crippen LogP contribution < -0.4 is 27.1 Å². The Labute approximate surface area is 594 Å². The average molecular weight is 1440 g/mol. The van der Waals surface area contributed by atoms with Crippen LogP contribution in [0.25, 0.3) is 34.6 Å². The van der Waals surface area contributed by atoms with Crippen molar-refractivity contribution >= 4 is 93.3 Å². The van der Waals surface area contributed by atoms with Gasteiger partial charge in [-0.25, -0.2) is 28.8 Å². The molecule has 102 heavy (non-hydrogen) atoms. The number of esters is 6. The highest BCUT2D eigenvalue weighted by Crippen LogP contribution is 2.79. The van der Waals surface area contributed by atoms with Crippen molar-refractivity contribution < 1.29 is 84.3 Å². The highest BCUT2D eigenvalue weighted by Gasteiger charge is 2.51. The van der Waals surface area contributed by atoms with Gasteiger partial charge in [-0.15, -0.1) is 0 Å². The molecule has 0 aromatic heterocycles. The molecule has 1 aliphatic heterocycles. The Morgan fingerprint density at radius 2 is 0.382 bits per heavy atom. The van der Waals surface area contributed by atoms with Gasteiger partial charge in [-0.3, -0.25) is 0 Å². The van der Waals surface area contributed by atoms with Crippen molar-refractivity contribution in [1.29, 1.82) is 0 Å². The van der Waals surface area contributed by atoms with Gasteiger partial charge in [-0.1, -0.05) is 126 Å². The predicted octanol–water partition coefficient (Wildman–Crippen LogP) is 21.2. The second-order valence-electron chi connectivity index (χ2n) is 22.2. The molecule has 0 saturated heterocycles. The molecule has 1 aliphatic rings. The molecule has 0 bridgehead atoms. The third-order valence-corrected chi connectivity index (χ3v) is 21.8. The summed E-state index contributed by atoms with van der Waals surface area (Å²) in [5, 5.41) is 0. The van der Waals surface area contributed by atoms with E-state index in [1.807, 2.05) is 0 Å². The van der Waals surface area contributed by atoms with Gasteiger partial charge in [0.1, 0.15) is 69.1 Å². The molecule has 0 saturated carbocycles. The van der Waals surface area contributed by atoms with E-state index in [1.165, 1.54) is 114 Å². The maximum Gasteiger partial charge on any atom is 0.460 e. The zero-order chi connectivity index (χ0) is 74.6. The van der Waals surface area contributed by atoms with Gasteiger partial charge in [0.25, 0.3) is 0 Å². The zero-order valence-electron chi connectivity index (χ0n) is 58.6. The van der Waals surface area contributed by atoms with E-state index in [0.717, 1.165) is 0 Å². The van der Waals surface area contributed by atoms with Gasteiger partial charge in [-0.2, -0.15) is 0 Å². The number of benzene rings is 6. The zero-order valence-corrected chi connectivity index (χ0v) is 61.3.